The van der Waals surface area contributed by atoms with E-state index in [1.54, 1.807) is 6.07 Å². The van der Waals surface area contributed by atoms with E-state index < -0.39 is 0 Å². The van der Waals surface area contributed by atoms with E-state index in [9.17, 15) is 5.11 Å². The predicted molar refractivity (Wildman–Crippen MR) is 73.0 cm³/mol. The minimum absolute atomic E-state index is 0.253. The molecule has 0 saturated heterocycles. The van der Waals surface area contributed by atoms with E-state index >= 15 is 0 Å². The van der Waals surface area contributed by atoms with Gasteiger partial charge in [-0.1, -0.05) is 56.3 Å². The molecule has 2 aromatic rings. The summed E-state index contributed by atoms with van der Waals surface area (Å²) in [4.78, 5) is 0. The Morgan fingerprint density at radius 2 is 1.72 bits per heavy atom. The largest absolute Gasteiger partial charge is 0.504 e. The van der Waals surface area contributed by atoms with Crippen molar-refractivity contribution in [3.05, 3.63) is 59.7 Å². The van der Waals surface area contributed by atoms with Crippen LogP contribution in [0.1, 0.15) is 30.9 Å². The van der Waals surface area contributed by atoms with Crippen LogP contribution in [0.4, 0.5) is 0 Å². The number of rotatable bonds is 4. The molecule has 0 heterocycles. The summed E-state index contributed by atoms with van der Waals surface area (Å²) in [5.74, 6) is 1.08. The van der Waals surface area contributed by atoms with Crippen molar-refractivity contribution in [3.63, 3.8) is 0 Å². The standard InChI is InChI=1S/C16H18O2/c1-12(2)14-9-6-10-15(16(14)17)18-11-13-7-4-3-5-8-13/h3-10,12,17H,11H2,1-2H3. The molecule has 0 aliphatic rings. The van der Waals surface area contributed by atoms with Crippen LogP contribution in [-0.2, 0) is 6.61 Å². The van der Waals surface area contributed by atoms with E-state index in [0.29, 0.717) is 12.4 Å². The molecule has 2 heteroatoms. The van der Waals surface area contributed by atoms with E-state index in [-0.39, 0.29) is 11.7 Å². The zero-order valence-electron chi connectivity index (χ0n) is 10.8. The fourth-order valence-electron chi connectivity index (χ4n) is 1.86. The second-order valence-corrected chi connectivity index (χ2v) is 4.62. The number of para-hydroxylation sites is 1. The normalized spacial score (nSPS) is 10.6. The average Bonchev–Trinajstić information content (AvgIpc) is 2.38. The second kappa shape index (κ2) is 5.58. The molecule has 0 aliphatic carbocycles. The zero-order valence-corrected chi connectivity index (χ0v) is 10.8. The summed E-state index contributed by atoms with van der Waals surface area (Å²) in [6, 6.07) is 15.6. The van der Waals surface area contributed by atoms with Crippen molar-refractivity contribution < 1.29 is 9.84 Å². The summed E-state index contributed by atoms with van der Waals surface area (Å²) >= 11 is 0. The number of benzene rings is 2. The van der Waals surface area contributed by atoms with Crippen molar-refractivity contribution >= 4 is 0 Å². The lowest BCUT2D eigenvalue weighted by atomic mass is 10.0. The lowest BCUT2D eigenvalue weighted by Gasteiger charge is -2.13. The van der Waals surface area contributed by atoms with Crippen LogP contribution in [0.2, 0.25) is 0 Å². The second-order valence-electron chi connectivity index (χ2n) is 4.62. The van der Waals surface area contributed by atoms with Gasteiger partial charge in [0.15, 0.2) is 11.5 Å². The van der Waals surface area contributed by atoms with Crippen LogP contribution in [0.5, 0.6) is 11.5 Å². The van der Waals surface area contributed by atoms with Crippen LogP contribution in [0.25, 0.3) is 0 Å². The molecule has 2 nitrogen and oxygen atoms in total. The first kappa shape index (κ1) is 12.5. The van der Waals surface area contributed by atoms with Gasteiger partial charge in [0.05, 0.1) is 0 Å². The van der Waals surface area contributed by atoms with Gasteiger partial charge < -0.3 is 9.84 Å². The molecule has 0 atom stereocenters. The lowest BCUT2D eigenvalue weighted by Crippen LogP contribution is -1.97. The highest BCUT2D eigenvalue weighted by Crippen LogP contribution is 2.34. The number of hydrogen-bond acceptors (Lipinski definition) is 2. The highest BCUT2D eigenvalue weighted by molar-refractivity contribution is 5.46. The van der Waals surface area contributed by atoms with Gasteiger partial charge in [-0.3, -0.25) is 0 Å². The van der Waals surface area contributed by atoms with Crippen LogP contribution in [0.15, 0.2) is 48.5 Å². The maximum Gasteiger partial charge on any atom is 0.161 e. The fourth-order valence-corrected chi connectivity index (χ4v) is 1.86. The van der Waals surface area contributed by atoms with E-state index in [1.165, 1.54) is 0 Å². The van der Waals surface area contributed by atoms with Gasteiger partial charge in [0.25, 0.3) is 0 Å². The summed E-state index contributed by atoms with van der Waals surface area (Å²) in [6.07, 6.45) is 0. The molecule has 2 rings (SSSR count). The fraction of sp³-hybridized carbons (Fsp3) is 0.250. The van der Waals surface area contributed by atoms with E-state index in [1.807, 2.05) is 42.5 Å². The van der Waals surface area contributed by atoms with Crippen LogP contribution < -0.4 is 4.74 Å². The van der Waals surface area contributed by atoms with E-state index in [4.69, 9.17) is 4.74 Å². The van der Waals surface area contributed by atoms with Crippen LogP contribution in [-0.4, -0.2) is 5.11 Å². The van der Waals surface area contributed by atoms with Crippen molar-refractivity contribution in [2.24, 2.45) is 0 Å². The zero-order chi connectivity index (χ0) is 13.0. The highest BCUT2D eigenvalue weighted by Gasteiger charge is 2.10. The maximum absolute atomic E-state index is 10.1. The number of aromatic hydroxyl groups is 1. The summed E-state index contributed by atoms with van der Waals surface area (Å²) in [5.41, 5.74) is 2.01. The van der Waals surface area contributed by atoms with Crippen LogP contribution >= 0.6 is 0 Å². The van der Waals surface area contributed by atoms with E-state index in [2.05, 4.69) is 13.8 Å². The first-order chi connectivity index (χ1) is 8.68. The summed E-state index contributed by atoms with van der Waals surface area (Å²) in [5, 5.41) is 10.1. The average molecular weight is 242 g/mol. The Morgan fingerprint density at radius 3 is 2.39 bits per heavy atom. The third-order valence-corrected chi connectivity index (χ3v) is 2.89. The van der Waals surface area contributed by atoms with Crippen molar-refractivity contribution in [1.82, 2.24) is 0 Å². The van der Waals surface area contributed by atoms with Crippen LogP contribution in [0.3, 0.4) is 0 Å². The molecule has 2 aromatic carbocycles. The predicted octanol–water partition coefficient (Wildman–Crippen LogP) is 4.09. The third-order valence-electron chi connectivity index (χ3n) is 2.89. The number of hydrogen-bond donors (Lipinski definition) is 1. The highest BCUT2D eigenvalue weighted by atomic mass is 16.5. The van der Waals surface area contributed by atoms with E-state index in [0.717, 1.165) is 11.1 Å². The maximum atomic E-state index is 10.1. The molecule has 0 spiro atoms. The monoisotopic (exact) mass is 242 g/mol. The van der Waals surface area contributed by atoms with Gasteiger partial charge in [-0.2, -0.15) is 0 Å². The molecule has 0 saturated carbocycles. The minimum atomic E-state index is 0.253. The number of phenols is 1. The Hall–Kier alpha value is -1.96. The summed E-state index contributed by atoms with van der Waals surface area (Å²) < 4.78 is 5.66. The molecule has 0 bridgehead atoms. The van der Waals surface area contributed by atoms with Gasteiger partial charge in [0, 0.05) is 5.56 Å². The van der Waals surface area contributed by atoms with Gasteiger partial charge in [0.2, 0.25) is 0 Å². The Bertz CT molecular complexity index is 504. The van der Waals surface area contributed by atoms with Gasteiger partial charge in [0.1, 0.15) is 6.61 Å². The molecule has 0 aliphatic heterocycles. The van der Waals surface area contributed by atoms with Crippen molar-refractivity contribution in [1.29, 1.82) is 0 Å². The first-order valence-corrected chi connectivity index (χ1v) is 6.17. The molecular weight excluding hydrogens is 224 g/mol. The van der Waals surface area contributed by atoms with Gasteiger partial charge in [-0.25, -0.2) is 0 Å². The Morgan fingerprint density at radius 1 is 1.00 bits per heavy atom. The Balaban J connectivity index is 2.13. The molecule has 94 valence electrons. The molecule has 0 aromatic heterocycles. The Labute approximate surface area is 108 Å². The SMILES string of the molecule is CC(C)c1cccc(OCc2ccccc2)c1O. The van der Waals surface area contributed by atoms with Gasteiger partial charge in [-0.15, -0.1) is 0 Å². The summed E-state index contributed by atoms with van der Waals surface area (Å²) in [7, 11) is 0. The molecule has 18 heavy (non-hydrogen) atoms. The Kier molecular flexibility index (Phi) is 3.88. The molecule has 0 radical (unpaired) electrons. The minimum Gasteiger partial charge on any atom is -0.504 e. The van der Waals surface area contributed by atoms with Crippen molar-refractivity contribution in [2.75, 3.05) is 0 Å². The summed E-state index contributed by atoms with van der Waals surface area (Å²) in [6.45, 7) is 4.57. The smallest absolute Gasteiger partial charge is 0.161 e. The molecule has 1 N–H and O–H groups in total. The van der Waals surface area contributed by atoms with Gasteiger partial charge in [-0.05, 0) is 17.5 Å². The molecule has 0 fully saturated rings. The number of ether oxygens (including phenoxy) is 1. The molecule has 0 unspecified atom stereocenters. The van der Waals surface area contributed by atoms with Crippen LogP contribution in [0, 0.1) is 0 Å². The van der Waals surface area contributed by atoms with Crippen molar-refractivity contribution in [3.8, 4) is 11.5 Å². The first-order valence-electron chi connectivity index (χ1n) is 6.17. The van der Waals surface area contributed by atoms with Gasteiger partial charge >= 0.3 is 0 Å². The molecular formula is C16H18O2. The van der Waals surface area contributed by atoms with Crippen molar-refractivity contribution in [2.45, 2.75) is 26.4 Å². The number of phenolic OH excluding ortho intramolecular Hbond substituents is 1. The lowest BCUT2D eigenvalue weighted by molar-refractivity contribution is 0.287. The quantitative estimate of drug-likeness (QED) is 0.874. The topological polar surface area (TPSA) is 29.5 Å². The molecule has 0 amide bonds. The third kappa shape index (κ3) is 2.83.